The van der Waals surface area contributed by atoms with E-state index in [-0.39, 0.29) is 0 Å². The maximum absolute atomic E-state index is 4.66. The summed E-state index contributed by atoms with van der Waals surface area (Å²) in [6.07, 6.45) is 9.82. The molecular weight excluding hydrogens is 350 g/mol. The molecular formula is C21H19N7. The highest BCUT2D eigenvalue weighted by Gasteiger charge is 2.11. The Labute approximate surface area is 161 Å². The van der Waals surface area contributed by atoms with Crippen LogP contribution in [0.1, 0.15) is 16.8 Å². The maximum atomic E-state index is 4.66. The quantitative estimate of drug-likeness (QED) is 0.477. The molecule has 0 amide bonds. The van der Waals surface area contributed by atoms with Gasteiger partial charge in [-0.2, -0.15) is 5.10 Å². The molecule has 0 saturated heterocycles. The van der Waals surface area contributed by atoms with Crippen molar-refractivity contribution in [2.24, 2.45) is 0 Å². The summed E-state index contributed by atoms with van der Waals surface area (Å²) in [6.45, 7) is 3.35. The highest BCUT2D eigenvalue weighted by molar-refractivity contribution is 5.62. The first kappa shape index (κ1) is 16.4. The summed E-state index contributed by atoms with van der Waals surface area (Å²) in [4.78, 5) is 4.66. The number of benzene rings is 1. The van der Waals surface area contributed by atoms with Crippen molar-refractivity contribution in [1.82, 2.24) is 34.2 Å². The third-order valence-electron chi connectivity index (χ3n) is 4.70. The molecule has 7 heteroatoms. The Morgan fingerprint density at radius 1 is 0.893 bits per heavy atom. The number of nitrogens with zero attached hydrogens (tertiary/aromatic N) is 7. The Hall–Kier alpha value is -3.74. The topological polar surface area (TPSA) is 65.8 Å². The van der Waals surface area contributed by atoms with E-state index in [0.29, 0.717) is 13.1 Å². The van der Waals surface area contributed by atoms with Gasteiger partial charge in [0, 0.05) is 30.4 Å². The van der Waals surface area contributed by atoms with Crippen LogP contribution in [0.2, 0.25) is 0 Å². The number of pyridine rings is 1. The van der Waals surface area contributed by atoms with Crippen molar-refractivity contribution >= 4 is 5.65 Å². The van der Waals surface area contributed by atoms with Crippen molar-refractivity contribution in [3.63, 3.8) is 0 Å². The van der Waals surface area contributed by atoms with Crippen molar-refractivity contribution in [3.05, 3.63) is 90.3 Å². The number of aromatic nitrogens is 7. The van der Waals surface area contributed by atoms with Gasteiger partial charge < -0.3 is 4.40 Å². The molecule has 0 aliphatic carbocycles. The minimum atomic E-state index is 0.578. The van der Waals surface area contributed by atoms with Gasteiger partial charge in [0.25, 0.3) is 0 Å². The van der Waals surface area contributed by atoms with E-state index < -0.39 is 0 Å². The maximum Gasteiger partial charge on any atom is 0.137 e. The molecule has 0 saturated carbocycles. The lowest BCUT2D eigenvalue weighted by Gasteiger charge is -2.07. The van der Waals surface area contributed by atoms with Crippen LogP contribution < -0.4 is 0 Å². The van der Waals surface area contributed by atoms with Crippen molar-refractivity contribution in [1.29, 1.82) is 0 Å². The lowest BCUT2D eigenvalue weighted by Crippen LogP contribution is -2.01. The fraction of sp³-hybridized carbons (Fsp3) is 0.143. The molecule has 0 aliphatic rings. The van der Waals surface area contributed by atoms with Crippen LogP contribution in [0, 0.1) is 6.92 Å². The van der Waals surface area contributed by atoms with Crippen molar-refractivity contribution in [2.45, 2.75) is 20.0 Å². The van der Waals surface area contributed by atoms with Crippen molar-refractivity contribution in [2.75, 3.05) is 0 Å². The molecule has 0 aliphatic heterocycles. The van der Waals surface area contributed by atoms with E-state index in [4.69, 9.17) is 0 Å². The first-order valence-corrected chi connectivity index (χ1v) is 9.15. The fourth-order valence-corrected chi connectivity index (χ4v) is 3.37. The minimum Gasteiger partial charge on any atom is -0.306 e. The largest absolute Gasteiger partial charge is 0.306 e. The molecule has 0 unspecified atom stereocenters. The Bertz CT molecular complexity index is 1230. The van der Waals surface area contributed by atoms with Crippen LogP contribution in [0.3, 0.4) is 0 Å². The second-order valence-electron chi connectivity index (χ2n) is 6.87. The first-order chi connectivity index (χ1) is 13.7. The zero-order valence-corrected chi connectivity index (χ0v) is 15.5. The summed E-state index contributed by atoms with van der Waals surface area (Å²) in [5.74, 6) is 0. The standard InChI is InChI=1S/C21H19N7/c1-16-7-8-21-23-18(13-26(21)11-16)14-28-15-20(24-25-28)19-6-3-2-5-17(19)12-27-10-4-9-22-27/h2-11,13,15H,12,14H2,1H3. The lowest BCUT2D eigenvalue weighted by atomic mass is 10.1. The van der Waals surface area contributed by atoms with Crippen LogP contribution >= 0.6 is 0 Å². The summed E-state index contributed by atoms with van der Waals surface area (Å²) in [5.41, 5.74) is 6.16. The molecule has 1 aromatic carbocycles. The van der Waals surface area contributed by atoms with Crippen LogP contribution in [-0.2, 0) is 13.1 Å². The van der Waals surface area contributed by atoms with Gasteiger partial charge >= 0.3 is 0 Å². The molecule has 5 aromatic rings. The highest BCUT2D eigenvalue weighted by Crippen LogP contribution is 2.22. The number of aryl methyl sites for hydroxylation is 1. The van der Waals surface area contributed by atoms with Crippen molar-refractivity contribution < 1.29 is 0 Å². The Balaban J connectivity index is 1.41. The molecule has 5 rings (SSSR count). The smallest absolute Gasteiger partial charge is 0.137 e. The zero-order valence-electron chi connectivity index (χ0n) is 15.5. The van der Waals surface area contributed by atoms with Crippen LogP contribution in [0.25, 0.3) is 16.9 Å². The third-order valence-corrected chi connectivity index (χ3v) is 4.70. The molecule has 7 nitrogen and oxygen atoms in total. The number of hydrogen-bond acceptors (Lipinski definition) is 4. The van der Waals surface area contributed by atoms with Gasteiger partial charge in [-0.1, -0.05) is 35.5 Å². The van der Waals surface area contributed by atoms with E-state index >= 15 is 0 Å². The zero-order chi connectivity index (χ0) is 18.9. The van der Waals surface area contributed by atoms with E-state index in [2.05, 4.69) is 51.7 Å². The summed E-state index contributed by atoms with van der Waals surface area (Å²) < 4.78 is 5.78. The Kier molecular flexibility index (Phi) is 3.97. The fourth-order valence-electron chi connectivity index (χ4n) is 3.37. The van der Waals surface area contributed by atoms with E-state index in [1.807, 2.05) is 56.6 Å². The minimum absolute atomic E-state index is 0.578. The average Bonchev–Trinajstić information content (AvgIpc) is 3.43. The molecule has 0 atom stereocenters. The predicted octanol–water partition coefficient (Wildman–Crippen LogP) is 3.19. The predicted molar refractivity (Wildman–Crippen MR) is 106 cm³/mol. The molecule has 4 heterocycles. The summed E-state index contributed by atoms with van der Waals surface area (Å²) in [6, 6.07) is 14.2. The monoisotopic (exact) mass is 369 g/mol. The van der Waals surface area contributed by atoms with Crippen LogP contribution in [0.15, 0.2) is 73.4 Å². The van der Waals surface area contributed by atoms with E-state index in [9.17, 15) is 0 Å². The van der Waals surface area contributed by atoms with Gasteiger partial charge in [0.15, 0.2) is 0 Å². The summed E-state index contributed by atoms with van der Waals surface area (Å²) >= 11 is 0. The van der Waals surface area contributed by atoms with Gasteiger partial charge in [-0.05, 0) is 30.2 Å². The Morgan fingerprint density at radius 3 is 2.71 bits per heavy atom. The van der Waals surface area contributed by atoms with Gasteiger partial charge in [0.2, 0.25) is 0 Å². The molecule has 0 radical (unpaired) electrons. The number of fused-ring (bicyclic) bond motifs is 1. The SMILES string of the molecule is Cc1ccc2nc(Cn3cc(-c4ccccc4Cn4cccn4)nn3)cn2c1. The number of imidazole rings is 1. The molecule has 0 fully saturated rings. The molecule has 0 N–H and O–H groups in total. The summed E-state index contributed by atoms with van der Waals surface area (Å²) in [7, 11) is 0. The van der Waals surface area contributed by atoms with Crippen LogP contribution in [0.5, 0.6) is 0 Å². The Morgan fingerprint density at radius 2 is 1.82 bits per heavy atom. The number of hydrogen-bond donors (Lipinski definition) is 0. The van der Waals surface area contributed by atoms with Gasteiger partial charge in [0.05, 0.1) is 25.0 Å². The van der Waals surface area contributed by atoms with Gasteiger partial charge in [-0.15, -0.1) is 5.10 Å². The molecule has 28 heavy (non-hydrogen) atoms. The number of rotatable bonds is 5. The highest BCUT2D eigenvalue weighted by atomic mass is 15.4. The molecule has 0 bridgehead atoms. The second kappa shape index (κ2) is 6.77. The first-order valence-electron chi connectivity index (χ1n) is 9.15. The third kappa shape index (κ3) is 3.18. The average molecular weight is 369 g/mol. The van der Waals surface area contributed by atoms with E-state index in [1.54, 1.807) is 6.20 Å². The van der Waals surface area contributed by atoms with Crippen LogP contribution in [-0.4, -0.2) is 34.2 Å². The van der Waals surface area contributed by atoms with Crippen molar-refractivity contribution in [3.8, 4) is 11.3 Å². The molecule has 4 aromatic heterocycles. The van der Waals surface area contributed by atoms with Gasteiger partial charge in [-0.25, -0.2) is 9.67 Å². The second-order valence-corrected chi connectivity index (χ2v) is 6.87. The van der Waals surface area contributed by atoms with Gasteiger partial charge in [0.1, 0.15) is 11.3 Å². The summed E-state index contributed by atoms with van der Waals surface area (Å²) in [5, 5.41) is 13.0. The molecule has 0 spiro atoms. The van der Waals surface area contributed by atoms with Gasteiger partial charge in [-0.3, -0.25) is 4.68 Å². The lowest BCUT2D eigenvalue weighted by molar-refractivity contribution is 0.641. The normalized spacial score (nSPS) is 11.3. The van der Waals surface area contributed by atoms with E-state index in [1.165, 1.54) is 5.56 Å². The van der Waals surface area contributed by atoms with Crippen LogP contribution in [0.4, 0.5) is 0 Å². The van der Waals surface area contributed by atoms with E-state index in [0.717, 1.165) is 28.2 Å². The molecule has 138 valence electrons.